The average molecular weight is 539 g/mol. The Hall–Kier alpha value is -2.48. The standard InChI is InChI=1S/C31H46N2O4Si/c1-24(34)37-33-27(23-36-38(8,9)30(5,6)7)20-31(28(33)35,29(2,3)4)32(21-25-16-12-10-13-17-25)22-26-18-14-11-15-19-26/h10-19,27H,20-23H2,1-9H3/t27-,31+/m0/s1. The molecule has 38 heavy (non-hydrogen) atoms. The molecule has 1 aliphatic heterocycles. The maximum absolute atomic E-state index is 14.5. The van der Waals surface area contributed by atoms with Gasteiger partial charge in [-0.15, -0.1) is 0 Å². The number of amides is 1. The number of nitrogens with zero attached hydrogens (tertiary/aromatic N) is 2. The molecule has 1 amide bonds. The molecule has 0 aromatic heterocycles. The van der Waals surface area contributed by atoms with E-state index in [1.54, 1.807) is 0 Å². The number of hydrogen-bond acceptors (Lipinski definition) is 5. The van der Waals surface area contributed by atoms with Gasteiger partial charge in [-0.05, 0) is 34.7 Å². The molecule has 6 nitrogen and oxygen atoms in total. The summed E-state index contributed by atoms with van der Waals surface area (Å²) in [7, 11) is -2.10. The Morgan fingerprint density at radius 2 is 1.42 bits per heavy atom. The lowest BCUT2D eigenvalue weighted by Crippen LogP contribution is -2.61. The number of hydrogen-bond donors (Lipinski definition) is 0. The molecule has 0 unspecified atom stereocenters. The molecule has 0 N–H and O–H groups in total. The Kier molecular flexibility index (Phi) is 8.96. The predicted octanol–water partition coefficient (Wildman–Crippen LogP) is 6.57. The maximum Gasteiger partial charge on any atom is 0.329 e. The lowest BCUT2D eigenvalue weighted by molar-refractivity contribution is -0.204. The molecule has 3 rings (SSSR count). The molecule has 0 spiro atoms. The Morgan fingerprint density at radius 3 is 1.82 bits per heavy atom. The van der Waals surface area contributed by atoms with Gasteiger partial charge in [-0.1, -0.05) is 102 Å². The lowest BCUT2D eigenvalue weighted by atomic mass is 9.70. The van der Waals surface area contributed by atoms with Gasteiger partial charge in [-0.3, -0.25) is 14.5 Å². The van der Waals surface area contributed by atoms with E-state index in [1.807, 2.05) is 36.4 Å². The largest absolute Gasteiger partial charge is 0.415 e. The summed E-state index contributed by atoms with van der Waals surface area (Å²) in [5.41, 5.74) is 0.868. The van der Waals surface area contributed by atoms with Crippen LogP contribution in [0.3, 0.4) is 0 Å². The Balaban J connectivity index is 2.09. The van der Waals surface area contributed by atoms with Gasteiger partial charge in [0.2, 0.25) is 0 Å². The molecular formula is C31H46N2O4Si. The number of rotatable bonds is 9. The topological polar surface area (TPSA) is 59.1 Å². The van der Waals surface area contributed by atoms with Crippen LogP contribution < -0.4 is 0 Å². The highest BCUT2D eigenvalue weighted by molar-refractivity contribution is 6.74. The van der Waals surface area contributed by atoms with E-state index >= 15 is 0 Å². The van der Waals surface area contributed by atoms with Crippen LogP contribution in [0.1, 0.15) is 66.0 Å². The Bertz CT molecular complexity index is 1050. The van der Waals surface area contributed by atoms with Crippen molar-refractivity contribution in [3.05, 3.63) is 71.8 Å². The second-order valence-electron chi connectivity index (χ2n) is 13.1. The van der Waals surface area contributed by atoms with Crippen molar-refractivity contribution in [2.75, 3.05) is 6.61 Å². The van der Waals surface area contributed by atoms with Crippen LogP contribution in [0, 0.1) is 5.41 Å². The van der Waals surface area contributed by atoms with Crippen molar-refractivity contribution in [3.8, 4) is 0 Å². The van der Waals surface area contributed by atoms with E-state index in [0.717, 1.165) is 11.1 Å². The quantitative estimate of drug-likeness (QED) is 0.338. The molecule has 1 heterocycles. The van der Waals surface area contributed by atoms with Crippen molar-refractivity contribution in [1.82, 2.24) is 9.96 Å². The van der Waals surface area contributed by atoms with E-state index < -0.39 is 25.2 Å². The molecule has 0 bridgehead atoms. The maximum atomic E-state index is 14.5. The summed E-state index contributed by atoms with van der Waals surface area (Å²) in [6, 6.07) is 20.1. The molecule has 208 valence electrons. The zero-order valence-corrected chi connectivity index (χ0v) is 25.7. The molecule has 1 aliphatic rings. The highest BCUT2D eigenvalue weighted by Gasteiger charge is 2.62. The molecule has 1 fully saturated rings. The van der Waals surface area contributed by atoms with Crippen molar-refractivity contribution in [2.45, 2.75) is 97.7 Å². The molecule has 0 saturated carbocycles. The van der Waals surface area contributed by atoms with Gasteiger partial charge in [0.05, 0.1) is 12.6 Å². The first-order chi connectivity index (χ1) is 17.6. The summed E-state index contributed by atoms with van der Waals surface area (Å²) >= 11 is 0. The van der Waals surface area contributed by atoms with E-state index in [1.165, 1.54) is 12.0 Å². The highest BCUT2D eigenvalue weighted by atomic mass is 28.4. The molecule has 1 saturated heterocycles. The fraction of sp³-hybridized carbons (Fsp3) is 0.548. The number of carbonyl (C=O) groups is 2. The highest BCUT2D eigenvalue weighted by Crippen LogP contribution is 2.48. The van der Waals surface area contributed by atoms with Crippen LogP contribution in [0.4, 0.5) is 0 Å². The molecule has 2 aromatic carbocycles. The lowest BCUT2D eigenvalue weighted by Gasteiger charge is -2.48. The molecule has 2 aromatic rings. The monoisotopic (exact) mass is 538 g/mol. The van der Waals surface area contributed by atoms with Gasteiger partial charge in [0, 0.05) is 26.4 Å². The van der Waals surface area contributed by atoms with Crippen LogP contribution in [-0.2, 0) is 31.9 Å². The van der Waals surface area contributed by atoms with Crippen LogP contribution in [0.25, 0.3) is 0 Å². The van der Waals surface area contributed by atoms with Gasteiger partial charge in [0.25, 0.3) is 5.91 Å². The van der Waals surface area contributed by atoms with Crippen LogP contribution in [0.15, 0.2) is 60.7 Å². The van der Waals surface area contributed by atoms with E-state index in [4.69, 9.17) is 9.26 Å². The van der Waals surface area contributed by atoms with Crippen molar-refractivity contribution >= 4 is 20.2 Å². The molecule has 0 aliphatic carbocycles. The zero-order valence-electron chi connectivity index (χ0n) is 24.7. The van der Waals surface area contributed by atoms with Gasteiger partial charge in [-0.25, -0.2) is 0 Å². The van der Waals surface area contributed by atoms with Gasteiger partial charge < -0.3 is 9.26 Å². The van der Waals surface area contributed by atoms with Crippen molar-refractivity contribution in [2.24, 2.45) is 5.41 Å². The summed E-state index contributed by atoms with van der Waals surface area (Å²) in [4.78, 5) is 34.7. The van der Waals surface area contributed by atoms with Gasteiger partial charge in [0.15, 0.2) is 8.32 Å². The van der Waals surface area contributed by atoms with Gasteiger partial charge in [0.1, 0.15) is 5.54 Å². The summed E-state index contributed by atoms with van der Waals surface area (Å²) in [6.07, 6.45) is 0.497. The first kappa shape index (κ1) is 30.1. The van der Waals surface area contributed by atoms with Crippen molar-refractivity contribution in [3.63, 3.8) is 0 Å². The summed E-state index contributed by atoms with van der Waals surface area (Å²) < 4.78 is 6.60. The smallest absolute Gasteiger partial charge is 0.329 e. The molecule has 0 radical (unpaired) electrons. The van der Waals surface area contributed by atoms with Crippen molar-refractivity contribution in [1.29, 1.82) is 0 Å². The second-order valence-corrected chi connectivity index (χ2v) is 17.9. The number of carbonyl (C=O) groups excluding carboxylic acids is 2. The number of benzene rings is 2. The zero-order chi connectivity index (χ0) is 28.4. The minimum atomic E-state index is -2.10. The van der Waals surface area contributed by atoms with Crippen LogP contribution in [0.2, 0.25) is 18.1 Å². The first-order valence-corrected chi connectivity index (χ1v) is 16.5. The molecular weight excluding hydrogens is 492 g/mol. The van der Waals surface area contributed by atoms with Crippen molar-refractivity contribution < 1.29 is 18.9 Å². The van der Waals surface area contributed by atoms with Crippen LogP contribution in [0.5, 0.6) is 0 Å². The molecule has 2 atom stereocenters. The van der Waals surface area contributed by atoms with E-state index in [0.29, 0.717) is 26.1 Å². The third-order valence-electron chi connectivity index (χ3n) is 8.30. The number of hydroxylamine groups is 2. The minimum absolute atomic E-state index is 0.0235. The normalized spacial score (nSPS) is 20.7. The first-order valence-electron chi connectivity index (χ1n) is 13.6. The van der Waals surface area contributed by atoms with Crippen LogP contribution in [-0.4, -0.2) is 48.3 Å². The minimum Gasteiger partial charge on any atom is -0.415 e. The fourth-order valence-electron chi connectivity index (χ4n) is 5.06. The Labute approximate surface area is 230 Å². The summed E-state index contributed by atoms with van der Waals surface area (Å²) in [5.74, 6) is -0.686. The molecule has 7 heteroatoms. The fourth-order valence-corrected chi connectivity index (χ4v) is 6.10. The predicted molar refractivity (Wildman–Crippen MR) is 154 cm³/mol. The summed E-state index contributed by atoms with van der Waals surface area (Å²) in [5, 5.41) is 1.35. The van der Waals surface area contributed by atoms with E-state index in [9.17, 15) is 9.59 Å². The Morgan fingerprint density at radius 1 is 0.947 bits per heavy atom. The third-order valence-corrected chi connectivity index (χ3v) is 12.8. The van der Waals surface area contributed by atoms with Gasteiger partial charge in [-0.2, -0.15) is 5.06 Å². The average Bonchev–Trinajstić information content (AvgIpc) is 3.10. The van der Waals surface area contributed by atoms with E-state index in [-0.39, 0.29) is 17.0 Å². The second kappa shape index (κ2) is 11.3. The van der Waals surface area contributed by atoms with Crippen LogP contribution >= 0.6 is 0 Å². The van der Waals surface area contributed by atoms with Gasteiger partial charge >= 0.3 is 5.97 Å². The SMILES string of the molecule is CC(=O)ON1C(=O)[C@@](N(Cc2ccccc2)Cc2ccccc2)(C(C)(C)C)C[C@H]1CO[Si](C)(C)C(C)(C)C. The third kappa shape index (κ3) is 6.38. The summed E-state index contributed by atoms with van der Waals surface area (Å²) in [6.45, 7) is 20.2. The van der Waals surface area contributed by atoms with E-state index in [2.05, 4.69) is 83.8 Å².